The van der Waals surface area contributed by atoms with Gasteiger partial charge in [-0.25, -0.2) is 15.2 Å². The number of likely N-dealkylation sites (tertiary alicyclic amines) is 1. The Hall–Kier alpha value is -2.22. The normalized spacial score (nSPS) is 15.5. The van der Waals surface area contributed by atoms with Gasteiger partial charge < -0.3 is 4.74 Å². The zero-order valence-electron chi connectivity index (χ0n) is 14.8. The molecule has 0 spiro atoms. The molecule has 27 heavy (non-hydrogen) atoms. The number of rotatable bonds is 6. The lowest BCUT2D eigenvalue weighted by atomic mass is 9.93. The molecule has 0 aliphatic carbocycles. The van der Waals surface area contributed by atoms with Gasteiger partial charge in [-0.1, -0.05) is 23.7 Å². The standard InChI is InChI=1S/C19H22ClFN4O2/c20-15-5-4-14(16(21)10-15)12-27-19-3-1-2-17(23-19)13-6-8-25(9-7-13)11-18(26)24-22/h1-5,10,13H,6-9,11-12,22H2,(H,24,26). The zero-order valence-corrected chi connectivity index (χ0v) is 15.6. The van der Waals surface area contributed by atoms with E-state index in [4.69, 9.17) is 22.2 Å². The number of ether oxygens (including phenoxy) is 1. The van der Waals surface area contributed by atoms with Crippen LogP contribution in [-0.4, -0.2) is 35.4 Å². The van der Waals surface area contributed by atoms with Crippen LogP contribution in [0.2, 0.25) is 5.02 Å². The molecule has 3 N–H and O–H groups in total. The summed E-state index contributed by atoms with van der Waals surface area (Å²) < 4.78 is 19.5. The van der Waals surface area contributed by atoms with Gasteiger partial charge in [0.2, 0.25) is 11.8 Å². The molecule has 3 rings (SSSR count). The summed E-state index contributed by atoms with van der Waals surface area (Å²) in [7, 11) is 0. The molecule has 0 saturated carbocycles. The molecule has 1 aliphatic heterocycles. The average molecular weight is 393 g/mol. The van der Waals surface area contributed by atoms with Gasteiger partial charge in [0.1, 0.15) is 12.4 Å². The fraction of sp³-hybridized carbons (Fsp3) is 0.368. The Balaban J connectivity index is 1.57. The average Bonchev–Trinajstić information content (AvgIpc) is 2.68. The molecular weight excluding hydrogens is 371 g/mol. The number of nitrogens with zero attached hydrogens (tertiary/aromatic N) is 2. The maximum absolute atomic E-state index is 13.9. The van der Waals surface area contributed by atoms with Crippen LogP contribution in [0.4, 0.5) is 4.39 Å². The van der Waals surface area contributed by atoms with Gasteiger partial charge in [0, 0.05) is 28.3 Å². The number of carbonyl (C=O) groups is 1. The summed E-state index contributed by atoms with van der Waals surface area (Å²) in [5.74, 6) is 5.32. The van der Waals surface area contributed by atoms with Crippen molar-refractivity contribution >= 4 is 17.5 Å². The third-order valence-electron chi connectivity index (χ3n) is 4.67. The molecule has 2 aromatic rings. The highest BCUT2D eigenvalue weighted by Gasteiger charge is 2.23. The molecule has 1 fully saturated rings. The Labute approximate surface area is 162 Å². The molecule has 1 aliphatic rings. The van der Waals surface area contributed by atoms with E-state index in [2.05, 4.69) is 15.3 Å². The predicted molar refractivity (Wildman–Crippen MR) is 101 cm³/mol. The lowest BCUT2D eigenvalue weighted by Gasteiger charge is -2.31. The van der Waals surface area contributed by atoms with Crippen molar-refractivity contribution in [3.8, 4) is 5.88 Å². The number of nitrogens with one attached hydrogen (secondary N) is 1. The van der Waals surface area contributed by atoms with Crippen molar-refractivity contribution in [1.82, 2.24) is 15.3 Å². The molecule has 1 amide bonds. The Bertz CT molecular complexity index is 797. The van der Waals surface area contributed by atoms with E-state index in [1.165, 1.54) is 6.07 Å². The van der Waals surface area contributed by atoms with Gasteiger partial charge in [-0.2, -0.15) is 0 Å². The molecule has 6 nitrogen and oxygen atoms in total. The van der Waals surface area contributed by atoms with Crippen LogP contribution < -0.4 is 16.0 Å². The van der Waals surface area contributed by atoms with Crippen LogP contribution in [-0.2, 0) is 11.4 Å². The molecule has 1 aromatic carbocycles. The van der Waals surface area contributed by atoms with E-state index in [0.717, 1.165) is 31.6 Å². The van der Waals surface area contributed by atoms with Crippen molar-refractivity contribution in [2.45, 2.75) is 25.4 Å². The first kappa shape index (κ1) is 19.5. The minimum atomic E-state index is -0.396. The van der Waals surface area contributed by atoms with Gasteiger partial charge in [-0.3, -0.25) is 15.1 Å². The van der Waals surface area contributed by atoms with Gasteiger partial charge in [0.25, 0.3) is 0 Å². The summed E-state index contributed by atoms with van der Waals surface area (Å²) in [5.41, 5.74) is 3.53. The number of benzene rings is 1. The molecule has 0 bridgehead atoms. The summed E-state index contributed by atoms with van der Waals surface area (Å²) in [4.78, 5) is 18.0. The number of nitrogens with two attached hydrogens (primary N) is 1. The molecule has 1 saturated heterocycles. The number of amides is 1. The zero-order chi connectivity index (χ0) is 19.2. The Morgan fingerprint density at radius 2 is 2.11 bits per heavy atom. The molecule has 1 aromatic heterocycles. The lowest BCUT2D eigenvalue weighted by molar-refractivity contribution is -0.122. The van der Waals surface area contributed by atoms with E-state index in [0.29, 0.717) is 28.9 Å². The molecule has 144 valence electrons. The second-order valence-corrected chi connectivity index (χ2v) is 6.98. The van der Waals surface area contributed by atoms with Crippen molar-refractivity contribution in [2.24, 2.45) is 5.84 Å². The van der Waals surface area contributed by atoms with Gasteiger partial charge in [-0.15, -0.1) is 0 Å². The number of pyridine rings is 1. The Kier molecular flexibility index (Phi) is 6.60. The minimum Gasteiger partial charge on any atom is -0.473 e. The van der Waals surface area contributed by atoms with Crippen LogP contribution in [0.5, 0.6) is 5.88 Å². The number of hydrogen-bond acceptors (Lipinski definition) is 5. The molecule has 0 atom stereocenters. The summed E-state index contributed by atoms with van der Waals surface area (Å²) in [5, 5.41) is 0.353. The molecule has 0 radical (unpaired) electrons. The monoisotopic (exact) mass is 392 g/mol. The van der Waals surface area contributed by atoms with Crippen LogP contribution in [0.1, 0.15) is 30.0 Å². The largest absolute Gasteiger partial charge is 0.473 e. The highest BCUT2D eigenvalue weighted by Crippen LogP contribution is 2.28. The molecule has 2 heterocycles. The van der Waals surface area contributed by atoms with Crippen molar-refractivity contribution < 1.29 is 13.9 Å². The Morgan fingerprint density at radius 3 is 2.81 bits per heavy atom. The topological polar surface area (TPSA) is 80.5 Å². The molecular formula is C19H22ClFN4O2. The fourth-order valence-corrected chi connectivity index (χ4v) is 3.32. The van der Waals surface area contributed by atoms with E-state index in [-0.39, 0.29) is 12.5 Å². The fourth-order valence-electron chi connectivity index (χ4n) is 3.16. The number of aromatic nitrogens is 1. The Morgan fingerprint density at radius 1 is 1.33 bits per heavy atom. The quantitative estimate of drug-likeness (QED) is 0.448. The van der Waals surface area contributed by atoms with Crippen LogP contribution >= 0.6 is 11.6 Å². The predicted octanol–water partition coefficient (Wildman–Crippen LogP) is 2.62. The van der Waals surface area contributed by atoms with Crippen LogP contribution in [0.25, 0.3) is 0 Å². The second kappa shape index (κ2) is 9.12. The maximum atomic E-state index is 13.9. The third kappa shape index (κ3) is 5.38. The van der Waals surface area contributed by atoms with Crippen molar-refractivity contribution in [3.05, 3.63) is 58.5 Å². The maximum Gasteiger partial charge on any atom is 0.248 e. The first-order chi connectivity index (χ1) is 13.0. The smallest absolute Gasteiger partial charge is 0.248 e. The van der Waals surface area contributed by atoms with Crippen molar-refractivity contribution in [2.75, 3.05) is 19.6 Å². The summed E-state index contributed by atoms with van der Waals surface area (Å²) in [6.45, 7) is 2.01. The van der Waals surface area contributed by atoms with E-state index in [1.54, 1.807) is 18.2 Å². The number of hydrazine groups is 1. The van der Waals surface area contributed by atoms with Gasteiger partial charge in [-0.05, 0) is 44.1 Å². The summed E-state index contributed by atoms with van der Waals surface area (Å²) >= 11 is 5.76. The lowest BCUT2D eigenvalue weighted by Crippen LogP contribution is -2.43. The number of hydrogen-bond donors (Lipinski definition) is 2. The molecule has 0 unspecified atom stereocenters. The van der Waals surface area contributed by atoms with Gasteiger partial charge >= 0.3 is 0 Å². The first-order valence-corrected chi connectivity index (χ1v) is 9.18. The number of piperidine rings is 1. The van der Waals surface area contributed by atoms with E-state index in [1.807, 2.05) is 12.1 Å². The summed E-state index contributed by atoms with van der Waals surface area (Å²) in [6, 6.07) is 10.1. The van der Waals surface area contributed by atoms with Gasteiger partial charge in [0.05, 0.1) is 6.54 Å². The number of carbonyl (C=O) groups excluding carboxylic acids is 1. The second-order valence-electron chi connectivity index (χ2n) is 6.54. The highest BCUT2D eigenvalue weighted by molar-refractivity contribution is 6.30. The van der Waals surface area contributed by atoms with E-state index >= 15 is 0 Å². The third-order valence-corrected chi connectivity index (χ3v) is 4.90. The van der Waals surface area contributed by atoms with E-state index in [9.17, 15) is 9.18 Å². The van der Waals surface area contributed by atoms with Crippen LogP contribution in [0, 0.1) is 5.82 Å². The van der Waals surface area contributed by atoms with E-state index < -0.39 is 5.82 Å². The molecule has 8 heteroatoms. The minimum absolute atomic E-state index is 0.0894. The van der Waals surface area contributed by atoms with Crippen LogP contribution in [0.15, 0.2) is 36.4 Å². The number of halogens is 2. The van der Waals surface area contributed by atoms with Crippen molar-refractivity contribution in [1.29, 1.82) is 0 Å². The first-order valence-electron chi connectivity index (χ1n) is 8.80. The van der Waals surface area contributed by atoms with Crippen LogP contribution in [0.3, 0.4) is 0 Å². The van der Waals surface area contributed by atoms with Crippen molar-refractivity contribution in [3.63, 3.8) is 0 Å². The highest BCUT2D eigenvalue weighted by atomic mass is 35.5. The van der Waals surface area contributed by atoms with Gasteiger partial charge in [0.15, 0.2) is 0 Å². The SMILES string of the molecule is NNC(=O)CN1CCC(c2cccc(OCc3ccc(Cl)cc3F)n2)CC1. The summed E-state index contributed by atoms with van der Waals surface area (Å²) in [6.07, 6.45) is 1.81.